The predicted molar refractivity (Wildman–Crippen MR) is 115 cm³/mol. The van der Waals surface area contributed by atoms with E-state index in [2.05, 4.69) is 33.1 Å². The highest BCUT2D eigenvalue weighted by Crippen LogP contribution is 2.30. The van der Waals surface area contributed by atoms with Crippen molar-refractivity contribution in [2.45, 2.75) is 13.3 Å². The Morgan fingerprint density at radius 3 is 2.67 bits per heavy atom. The monoisotopic (exact) mass is 426 g/mol. The lowest BCUT2D eigenvalue weighted by atomic mass is 10.0. The molecule has 0 saturated carbocycles. The Hall–Kier alpha value is -3.63. The van der Waals surface area contributed by atoms with Gasteiger partial charge in [0.2, 0.25) is 0 Å². The van der Waals surface area contributed by atoms with Crippen LogP contribution in [0.2, 0.25) is 5.02 Å². The number of esters is 1. The normalized spacial score (nSPS) is 11.1. The zero-order valence-electron chi connectivity index (χ0n) is 16.5. The zero-order valence-corrected chi connectivity index (χ0v) is 17.3. The molecule has 1 aromatic carbocycles. The van der Waals surface area contributed by atoms with Crippen LogP contribution in [0.1, 0.15) is 28.5 Å². The van der Waals surface area contributed by atoms with E-state index in [4.69, 9.17) is 23.1 Å². The van der Waals surface area contributed by atoms with E-state index in [-0.39, 0.29) is 10.6 Å². The lowest BCUT2D eigenvalue weighted by Crippen LogP contribution is -2.06. The van der Waals surface area contributed by atoms with Crippen molar-refractivity contribution in [2.75, 3.05) is 7.11 Å². The van der Waals surface area contributed by atoms with Crippen molar-refractivity contribution in [1.29, 1.82) is 0 Å². The quantitative estimate of drug-likeness (QED) is 0.430. The number of allylic oxidation sites excluding steroid dienone is 3. The standard InChI is InChI=1S/C22H20ClFN4O2/c1-4-19-16(8-7-14(11-25)6-5-13(2)26)21(28-12-27-19)15-9-17(23)20(18(24)10-15)22(29)30-3/h5-6,9-12H,2,4,25-26H2,1,3H3/b6-5-,14-11+. The fourth-order valence-corrected chi connectivity index (χ4v) is 2.80. The fourth-order valence-electron chi connectivity index (χ4n) is 2.52. The van der Waals surface area contributed by atoms with Gasteiger partial charge in [-0.1, -0.05) is 36.9 Å². The van der Waals surface area contributed by atoms with E-state index >= 15 is 0 Å². The van der Waals surface area contributed by atoms with Crippen molar-refractivity contribution >= 4 is 17.6 Å². The van der Waals surface area contributed by atoms with Crippen LogP contribution in [0.15, 0.2) is 54.7 Å². The van der Waals surface area contributed by atoms with Crippen molar-refractivity contribution in [3.05, 3.63) is 82.3 Å². The molecule has 30 heavy (non-hydrogen) atoms. The van der Waals surface area contributed by atoms with Crippen molar-refractivity contribution in [1.82, 2.24) is 9.97 Å². The molecule has 154 valence electrons. The van der Waals surface area contributed by atoms with Crippen LogP contribution < -0.4 is 11.5 Å². The summed E-state index contributed by atoms with van der Waals surface area (Å²) in [5.74, 6) is 4.21. The van der Waals surface area contributed by atoms with E-state index in [9.17, 15) is 9.18 Å². The number of halogens is 2. The molecule has 0 saturated heterocycles. The maximum Gasteiger partial charge on any atom is 0.342 e. The molecule has 6 nitrogen and oxygen atoms in total. The molecule has 0 amide bonds. The Morgan fingerprint density at radius 2 is 2.10 bits per heavy atom. The third-order valence-corrected chi connectivity index (χ3v) is 4.25. The number of nitrogens with two attached hydrogens (primary N) is 2. The highest BCUT2D eigenvalue weighted by molar-refractivity contribution is 6.34. The molecule has 8 heteroatoms. The maximum atomic E-state index is 14.6. The SMILES string of the molecule is C=C(N)/C=C\C(C#Cc1c(CC)ncnc1-c1cc(F)c(C(=O)OC)c(Cl)c1)=C/N. The van der Waals surface area contributed by atoms with Crippen LogP contribution in [-0.4, -0.2) is 23.0 Å². The van der Waals surface area contributed by atoms with Gasteiger partial charge in [-0.25, -0.2) is 19.2 Å². The second kappa shape index (κ2) is 10.2. The number of carbonyl (C=O) groups is 1. The number of nitrogens with zero attached hydrogens (tertiary/aromatic N) is 2. The number of rotatable bonds is 5. The van der Waals surface area contributed by atoms with Crippen molar-refractivity contribution in [3.63, 3.8) is 0 Å². The number of benzene rings is 1. The Labute approximate surface area is 179 Å². The Kier molecular flexibility index (Phi) is 7.73. The number of carbonyl (C=O) groups excluding carboxylic acids is 1. The third kappa shape index (κ3) is 5.25. The van der Waals surface area contributed by atoms with Gasteiger partial charge >= 0.3 is 5.97 Å². The minimum absolute atomic E-state index is 0.0978. The summed E-state index contributed by atoms with van der Waals surface area (Å²) in [6.07, 6.45) is 6.43. The van der Waals surface area contributed by atoms with E-state index in [1.54, 1.807) is 12.2 Å². The van der Waals surface area contributed by atoms with Crippen molar-refractivity contribution < 1.29 is 13.9 Å². The van der Waals surface area contributed by atoms with Crippen LogP contribution in [0.4, 0.5) is 4.39 Å². The zero-order chi connectivity index (χ0) is 22.3. The smallest absolute Gasteiger partial charge is 0.342 e. The molecule has 0 unspecified atom stereocenters. The Balaban J connectivity index is 2.64. The summed E-state index contributed by atoms with van der Waals surface area (Å²) in [4.78, 5) is 20.3. The van der Waals surface area contributed by atoms with E-state index in [1.165, 1.54) is 18.6 Å². The number of aryl methyl sites for hydroxylation is 1. The van der Waals surface area contributed by atoms with E-state index in [0.29, 0.717) is 40.2 Å². The molecule has 2 aromatic rings. The largest absolute Gasteiger partial charge is 0.465 e. The van der Waals surface area contributed by atoms with Gasteiger partial charge in [0.1, 0.15) is 17.7 Å². The second-order valence-corrected chi connectivity index (χ2v) is 6.39. The highest BCUT2D eigenvalue weighted by atomic mass is 35.5. The topological polar surface area (TPSA) is 104 Å². The number of hydrogen-bond donors (Lipinski definition) is 2. The molecule has 1 aromatic heterocycles. The number of ether oxygens (including phenoxy) is 1. The van der Waals surface area contributed by atoms with Gasteiger partial charge in [-0.05, 0) is 30.7 Å². The van der Waals surface area contributed by atoms with E-state index < -0.39 is 11.8 Å². The predicted octanol–water partition coefficient (Wildman–Crippen LogP) is 3.51. The summed E-state index contributed by atoms with van der Waals surface area (Å²) in [6.45, 7) is 5.48. The van der Waals surface area contributed by atoms with Gasteiger partial charge in [0.05, 0.1) is 29.1 Å². The first-order chi connectivity index (χ1) is 14.3. The van der Waals surface area contributed by atoms with Gasteiger partial charge in [0.15, 0.2) is 0 Å². The van der Waals surface area contributed by atoms with Crippen LogP contribution >= 0.6 is 11.6 Å². The van der Waals surface area contributed by atoms with Crippen LogP contribution in [-0.2, 0) is 11.2 Å². The molecule has 4 N–H and O–H groups in total. The first-order valence-corrected chi connectivity index (χ1v) is 9.18. The van der Waals surface area contributed by atoms with Crippen LogP contribution in [0, 0.1) is 17.7 Å². The average Bonchev–Trinajstić information content (AvgIpc) is 2.72. The van der Waals surface area contributed by atoms with Crippen LogP contribution in [0.25, 0.3) is 11.3 Å². The van der Waals surface area contributed by atoms with E-state index in [1.807, 2.05) is 6.92 Å². The van der Waals surface area contributed by atoms with Gasteiger partial charge < -0.3 is 16.2 Å². The van der Waals surface area contributed by atoms with Gasteiger partial charge in [0, 0.05) is 23.0 Å². The Morgan fingerprint density at radius 1 is 1.37 bits per heavy atom. The maximum absolute atomic E-state index is 14.6. The number of hydrogen-bond acceptors (Lipinski definition) is 6. The molecule has 0 aliphatic carbocycles. The third-order valence-electron chi connectivity index (χ3n) is 3.95. The first-order valence-electron chi connectivity index (χ1n) is 8.80. The second-order valence-electron chi connectivity index (χ2n) is 5.98. The molecule has 0 atom stereocenters. The van der Waals surface area contributed by atoms with E-state index in [0.717, 1.165) is 13.2 Å². The van der Waals surface area contributed by atoms with Crippen LogP contribution in [0.5, 0.6) is 0 Å². The first kappa shape index (κ1) is 22.7. The summed E-state index contributed by atoms with van der Waals surface area (Å²) in [6, 6.07) is 2.59. The van der Waals surface area contributed by atoms with Gasteiger partial charge in [-0.2, -0.15) is 0 Å². The van der Waals surface area contributed by atoms with Gasteiger partial charge in [-0.3, -0.25) is 0 Å². The van der Waals surface area contributed by atoms with Crippen molar-refractivity contribution in [3.8, 4) is 23.1 Å². The minimum atomic E-state index is -0.869. The molecular formula is C22H20ClFN4O2. The highest BCUT2D eigenvalue weighted by Gasteiger charge is 2.20. The molecule has 0 aliphatic heterocycles. The lowest BCUT2D eigenvalue weighted by molar-refractivity contribution is 0.0596. The molecule has 0 spiro atoms. The summed E-state index contributed by atoms with van der Waals surface area (Å²) >= 11 is 6.13. The minimum Gasteiger partial charge on any atom is -0.465 e. The summed E-state index contributed by atoms with van der Waals surface area (Å²) in [5.41, 5.74) is 13.5. The number of aromatic nitrogens is 2. The molecule has 1 heterocycles. The van der Waals surface area contributed by atoms with Crippen molar-refractivity contribution in [2.24, 2.45) is 11.5 Å². The molecule has 2 rings (SSSR count). The molecular weight excluding hydrogens is 407 g/mol. The molecule has 0 radical (unpaired) electrons. The molecule has 0 aliphatic rings. The van der Waals surface area contributed by atoms with Crippen LogP contribution in [0.3, 0.4) is 0 Å². The lowest BCUT2D eigenvalue weighted by Gasteiger charge is -2.10. The summed E-state index contributed by atoms with van der Waals surface area (Å²) in [5, 5.41) is -0.0978. The van der Waals surface area contributed by atoms with Gasteiger partial charge in [0.25, 0.3) is 0 Å². The molecule has 0 bridgehead atoms. The summed E-state index contributed by atoms with van der Waals surface area (Å²) < 4.78 is 19.1. The molecule has 0 fully saturated rings. The Bertz CT molecular complexity index is 1090. The van der Waals surface area contributed by atoms with Gasteiger partial charge in [-0.15, -0.1) is 0 Å². The summed E-state index contributed by atoms with van der Waals surface area (Å²) in [7, 11) is 1.15. The average molecular weight is 427 g/mol. The number of methoxy groups -OCH3 is 1. The fraction of sp³-hybridized carbons (Fsp3) is 0.136.